The van der Waals surface area contributed by atoms with Gasteiger partial charge in [-0.3, -0.25) is 4.90 Å². The molecular weight excluding hydrogens is 286 g/mol. The third kappa shape index (κ3) is 3.85. The zero-order chi connectivity index (χ0) is 14.7. The summed E-state index contributed by atoms with van der Waals surface area (Å²) in [6, 6.07) is 1.33. The highest BCUT2D eigenvalue weighted by Crippen LogP contribution is 2.41. The zero-order valence-corrected chi connectivity index (χ0v) is 13.5. The molecule has 0 radical (unpaired) electrons. The number of amidine groups is 1. The maximum absolute atomic E-state index is 8.73. The maximum atomic E-state index is 8.73. The summed E-state index contributed by atoms with van der Waals surface area (Å²) < 4.78 is 6.21. The Morgan fingerprint density at radius 2 is 2.05 bits per heavy atom. The van der Waals surface area contributed by atoms with Gasteiger partial charge in [-0.05, 0) is 50.0 Å². The Balaban J connectivity index is 1.61. The van der Waals surface area contributed by atoms with E-state index in [4.69, 9.17) is 15.7 Å². The minimum Gasteiger partial charge on any atom is -0.409 e. The fourth-order valence-corrected chi connectivity index (χ4v) is 4.98. The Morgan fingerprint density at radius 1 is 1.29 bits per heavy atom. The van der Waals surface area contributed by atoms with Gasteiger partial charge in [0.2, 0.25) is 0 Å². The first-order valence-corrected chi connectivity index (χ1v) is 9.32. The van der Waals surface area contributed by atoms with E-state index in [-0.39, 0.29) is 5.60 Å². The van der Waals surface area contributed by atoms with E-state index in [0.717, 1.165) is 25.6 Å². The van der Waals surface area contributed by atoms with Crippen LogP contribution in [-0.4, -0.2) is 58.3 Å². The van der Waals surface area contributed by atoms with E-state index in [0.29, 0.717) is 18.3 Å². The van der Waals surface area contributed by atoms with Gasteiger partial charge in [-0.15, -0.1) is 0 Å². The van der Waals surface area contributed by atoms with Crippen LogP contribution in [0.15, 0.2) is 5.16 Å². The quantitative estimate of drug-likeness (QED) is 0.352. The van der Waals surface area contributed by atoms with Crippen LogP contribution in [0, 0.1) is 0 Å². The lowest BCUT2D eigenvalue weighted by molar-refractivity contribution is -0.111. The Bertz CT molecular complexity index is 376. The topological polar surface area (TPSA) is 71.1 Å². The molecule has 0 amide bonds. The SMILES string of the molecule is NC(CCN(C1CC1)C1CCOC2(CCSCC2)C1)=NO. The highest BCUT2D eigenvalue weighted by Gasteiger charge is 2.43. The van der Waals surface area contributed by atoms with Crippen LogP contribution in [0.3, 0.4) is 0 Å². The second-order valence-electron chi connectivity index (χ2n) is 6.60. The summed E-state index contributed by atoms with van der Waals surface area (Å²) in [5, 5.41) is 11.8. The lowest BCUT2D eigenvalue weighted by Gasteiger charge is -2.46. The van der Waals surface area contributed by atoms with Crippen molar-refractivity contribution in [3.8, 4) is 0 Å². The van der Waals surface area contributed by atoms with Gasteiger partial charge >= 0.3 is 0 Å². The van der Waals surface area contributed by atoms with Crippen LogP contribution in [-0.2, 0) is 4.74 Å². The second kappa shape index (κ2) is 6.75. The number of nitrogens with two attached hydrogens (primary N) is 1. The minimum atomic E-state index is 0.137. The van der Waals surface area contributed by atoms with Crippen LogP contribution in [0.1, 0.15) is 44.9 Å². The molecule has 2 saturated heterocycles. The smallest absolute Gasteiger partial charge is 0.140 e. The predicted molar refractivity (Wildman–Crippen MR) is 86.0 cm³/mol. The fourth-order valence-electron chi connectivity index (χ4n) is 3.74. The molecule has 1 spiro atoms. The van der Waals surface area contributed by atoms with Gasteiger partial charge in [0.1, 0.15) is 5.84 Å². The van der Waals surface area contributed by atoms with Crippen molar-refractivity contribution in [2.45, 2.75) is 62.6 Å². The van der Waals surface area contributed by atoms with Crippen LogP contribution >= 0.6 is 11.8 Å². The first-order valence-electron chi connectivity index (χ1n) is 8.16. The number of hydrogen-bond donors (Lipinski definition) is 2. The fraction of sp³-hybridized carbons (Fsp3) is 0.933. The van der Waals surface area contributed by atoms with Gasteiger partial charge in [0.05, 0.1) is 5.60 Å². The van der Waals surface area contributed by atoms with Crippen molar-refractivity contribution in [2.75, 3.05) is 24.7 Å². The molecule has 1 saturated carbocycles. The molecule has 21 heavy (non-hydrogen) atoms. The molecule has 2 aliphatic heterocycles. The molecule has 1 atom stereocenters. The van der Waals surface area contributed by atoms with Crippen molar-refractivity contribution in [2.24, 2.45) is 10.9 Å². The summed E-state index contributed by atoms with van der Waals surface area (Å²) in [5.74, 6) is 2.82. The van der Waals surface area contributed by atoms with Gasteiger partial charge in [0.15, 0.2) is 0 Å². The summed E-state index contributed by atoms with van der Waals surface area (Å²) in [6.07, 6.45) is 7.96. The summed E-state index contributed by atoms with van der Waals surface area (Å²) in [5.41, 5.74) is 5.79. The van der Waals surface area contributed by atoms with Crippen LogP contribution in [0.2, 0.25) is 0 Å². The third-order valence-corrected chi connectivity index (χ3v) is 6.10. The molecule has 1 unspecified atom stereocenters. The van der Waals surface area contributed by atoms with Gasteiger partial charge in [-0.1, -0.05) is 5.16 Å². The number of hydrogen-bond acceptors (Lipinski definition) is 5. The van der Waals surface area contributed by atoms with Crippen LogP contribution < -0.4 is 5.73 Å². The maximum Gasteiger partial charge on any atom is 0.140 e. The highest BCUT2D eigenvalue weighted by molar-refractivity contribution is 7.99. The van der Waals surface area contributed by atoms with Gasteiger partial charge in [0, 0.05) is 31.7 Å². The second-order valence-corrected chi connectivity index (χ2v) is 7.83. The van der Waals surface area contributed by atoms with Crippen molar-refractivity contribution in [3.63, 3.8) is 0 Å². The molecule has 3 fully saturated rings. The van der Waals surface area contributed by atoms with E-state index in [1.807, 2.05) is 0 Å². The van der Waals surface area contributed by atoms with Crippen LogP contribution in [0.5, 0.6) is 0 Å². The van der Waals surface area contributed by atoms with E-state index < -0.39 is 0 Å². The number of thioether (sulfide) groups is 1. The number of rotatable bonds is 5. The van der Waals surface area contributed by atoms with Crippen molar-refractivity contribution in [1.29, 1.82) is 0 Å². The minimum absolute atomic E-state index is 0.137. The summed E-state index contributed by atoms with van der Waals surface area (Å²) >= 11 is 2.05. The number of ether oxygens (including phenoxy) is 1. The molecule has 5 nitrogen and oxygen atoms in total. The normalized spacial score (nSPS) is 30.0. The monoisotopic (exact) mass is 313 g/mol. The van der Waals surface area contributed by atoms with Crippen molar-refractivity contribution < 1.29 is 9.94 Å². The average molecular weight is 313 g/mol. The van der Waals surface area contributed by atoms with E-state index in [1.54, 1.807) is 0 Å². The Hall–Kier alpha value is -0.460. The molecular formula is C15H27N3O2S. The highest BCUT2D eigenvalue weighted by atomic mass is 32.2. The summed E-state index contributed by atoms with van der Waals surface area (Å²) in [6.45, 7) is 1.80. The first kappa shape index (κ1) is 15.4. The molecule has 1 aliphatic carbocycles. The van der Waals surface area contributed by atoms with Gasteiger partial charge in [-0.2, -0.15) is 11.8 Å². The zero-order valence-electron chi connectivity index (χ0n) is 12.7. The standard InChI is InChI=1S/C15H27N3O2S/c16-14(17-19)3-7-18(12-1-2-12)13-4-8-20-15(11-13)5-9-21-10-6-15/h12-13,19H,1-11H2,(H2,16,17). The molecule has 0 aromatic rings. The van der Waals surface area contributed by atoms with Crippen LogP contribution in [0.25, 0.3) is 0 Å². The molecule has 6 heteroatoms. The molecule has 120 valence electrons. The van der Waals surface area contributed by atoms with Gasteiger partial charge in [-0.25, -0.2) is 0 Å². The Labute approximate surface area is 131 Å². The molecule has 0 bridgehead atoms. The molecule has 3 rings (SSSR count). The number of nitrogens with zero attached hydrogens (tertiary/aromatic N) is 2. The van der Waals surface area contributed by atoms with Gasteiger partial charge < -0.3 is 15.7 Å². The molecule has 0 aromatic carbocycles. The lowest BCUT2D eigenvalue weighted by atomic mass is 9.84. The first-order chi connectivity index (χ1) is 10.2. The predicted octanol–water partition coefficient (Wildman–Crippen LogP) is 2.03. The molecule has 0 aromatic heterocycles. The van der Waals surface area contributed by atoms with E-state index >= 15 is 0 Å². The average Bonchev–Trinajstić information content (AvgIpc) is 3.33. The third-order valence-electron chi connectivity index (χ3n) is 5.11. The largest absolute Gasteiger partial charge is 0.409 e. The van der Waals surface area contributed by atoms with Crippen molar-refractivity contribution in [3.05, 3.63) is 0 Å². The van der Waals surface area contributed by atoms with Crippen molar-refractivity contribution in [1.82, 2.24) is 4.90 Å². The van der Waals surface area contributed by atoms with Gasteiger partial charge in [0.25, 0.3) is 0 Å². The Morgan fingerprint density at radius 3 is 2.71 bits per heavy atom. The molecule has 3 aliphatic rings. The number of oxime groups is 1. The summed E-state index contributed by atoms with van der Waals surface area (Å²) in [4.78, 5) is 2.62. The van der Waals surface area contributed by atoms with E-state index in [2.05, 4.69) is 21.8 Å². The van der Waals surface area contributed by atoms with Crippen LogP contribution in [0.4, 0.5) is 0 Å². The van der Waals surface area contributed by atoms with E-state index in [9.17, 15) is 0 Å². The molecule has 3 N–H and O–H groups in total. The van der Waals surface area contributed by atoms with Crippen molar-refractivity contribution >= 4 is 17.6 Å². The Kier molecular flexibility index (Phi) is 4.96. The van der Waals surface area contributed by atoms with E-state index in [1.165, 1.54) is 43.6 Å². The molecule has 2 heterocycles. The summed E-state index contributed by atoms with van der Waals surface area (Å²) in [7, 11) is 0. The lowest BCUT2D eigenvalue weighted by Crippen LogP contribution is -2.51.